The molecule has 0 radical (unpaired) electrons. The highest BCUT2D eigenvalue weighted by Gasteiger charge is 2.11. The Morgan fingerprint density at radius 2 is 1.21 bits per heavy atom. The van der Waals surface area contributed by atoms with E-state index in [2.05, 4.69) is 54.6 Å². The third-order valence-electron chi connectivity index (χ3n) is 6.70. The molecule has 0 amide bonds. The van der Waals surface area contributed by atoms with Crippen molar-refractivity contribution in [2.45, 2.75) is 18.7 Å². The number of thioether (sulfide) groups is 1. The molecule has 5 nitrogen and oxygen atoms in total. The third-order valence-corrected chi connectivity index (χ3v) is 9.59. The number of ketones is 2. The van der Waals surface area contributed by atoms with Crippen molar-refractivity contribution < 1.29 is 24.2 Å². The predicted molar refractivity (Wildman–Crippen MR) is 177 cm³/mol. The highest BCUT2D eigenvalue weighted by atomic mass is 32.2. The summed E-state index contributed by atoms with van der Waals surface area (Å²) in [6.07, 6.45) is 2.21. The van der Waals surface area contributed by atoms with Gasteiger partial charge in [0.15, 0.2) is 18.2 Å². The van der Waals surface area contributed by atoms with Gasteiger partial charge in [-0.15, -0.1) is 34.4 Å². The standard InChI is InChI=1S/C35H28O5S3/c1-22(36)28-17-33(42-20-28)26-7-3-24(4-8-26)32(15-16-41-31-13-11-30(12-14-31)40-19-35(38)39)25-5-9-27(10-6-25)34-18-29(21-43-34)23(2)37/h3-15,17-18,20-21H,16,19H2,1-2H3,(H,38,39). The highest BCUT2D eigenvalue weighted by molar-refractivity contribution is 7.99. The Morgan fingerprint density at radius 3 is 1.63 bits per heavy atom. The minimum Gasteiger partial charge on any atom is -0.482 e. The maximum absolute atomic E-state index is 11.8. The van der Waals surface area contributed by atoms with Gasteiger partial charge in [-0.25, -0.2) is 4.79 Å². The van der Waals surface area contributed by atoms with E-state index in [4.69, 9.17) is 9.84 Å². The Labute approximate surface area is 262 Å². The molecule has 5 aromatic rings. The number of rotatable bonds is 12. The molecule has 216 valence electrons. The first-order valence-corrected chi connectivity index (χ1v) is 16.2. The van der Waals surface area contributed by atoms with E-state index in [0.29, 0.717) is 11.5 Å². The van der Waals surface area contributed by atoms with E-state index in [0.717, 1.165) is 53.6 Å². The van der Waals surface area contributed by atoms with E-state index in [1.54, 1.807) is 60.4 Å². The molecular formula is C35H28O5S3. The van der Waals surface area contributed by atoms with Gasteiger partial charge in [0.2, 0.25) is 0 Å². The summed E-state index contributed by atoms with van der Waals surface area (Å²) in [5.74, 6) is 0.351. The second-order valence-electron chi connectivity index (χ2n) is 9.75. The first kappa shape index (κ1) is 30.2. The second kappa shape index (κ2) is 13.8. The number of thiophene rings is 2. The molecule has 0 bridgehead atoms. The van der Waals surface area contributed by atoms with Crippen molar-refractivity contribution in [1.29, 1.82) is 0 Å². The van der Waals surface area contributed by atoms with Crippen molar-refractivity contribution in [3.05, 3.63) is 124 Å². The van der Waals surface area contributed by atoms with Crippen LogP contribution in [0, 0.1) is 0 Å². The summed E-state index contributed by atoms with van der Waals surface area (Å²) in [4.78, 5) is 37.4. The molecule has 0 fully saturated rings. The average Bonchev–Trinajstić information content (AvgIpc) is 3.71. The monoisotopic (exact) mass is 624 g/mol. The van der Waals surface area contributed by atoms with Gasteiger partial charge in [0.1, 0.15) is 5.75 Å². The van der Waals surface area contributed by atoms with Crippen LogP contribution in [-0.4, -0.2) is 35.0 Å². The Balaban J connectivity index is 1.39. The summed E-state index contributed by atoms with van der Waals surface area (Å²) in [7, 11) is 0. The van der Waals surface area contributed by atoms with Crippen molar-refractivity contribution in [3.8, 4) is 26.6 Å². The Morgan fingerprint density at radius 1 is 0.721 bits per heavy atom. The van der Waals surface area contributed by atoms with E-state index in [-0.39, 0.29) is 18.2 Å². The largest absolute Gasteiger partial charge is 0.482 e. The number of carbonyl (C=O) groups is 3. The molecule has 3 aromatic carbocycles. The van der Waals surface area contributed by atoms with Crippen LogP contribution in [0.5, 0.6) is 5.75 Å². The number of hydrogen-bond donors (Lipinski definition) is 1. The number of hydrogen-bond acceptors (Lipinski definition) is 7. The lowest BCUT2D eigenvalue weighted by atomic mass is 9.95. The van der Waals surface area contributed by atoms with Gasteiger partial charge in [-0.1, -0.05) is 54.6 Å². The van der Waals surface area contributed by atoms with E-state index in [9.17, 15) is 14.4 Å². The number of Topliss-reactive ketones (excluding diaryl/α,β-unsaturated/α-hetero) is 2. The first-order chi connectivity index (χ1) is 20.8. The molecule has 0 aliphatic carbocycles. The molecule has 0 aliphatic rings. The molecule has 0 saturated carbocycles. The molecule has 1 N–H and O–H groups in total. The Kier molecular flexibility index (Phi) is 9.72. The van der Waals surface area contributed by atoms with Crippen LogP contribution < -0.4 is 4.74 Å². The fourth-order valence-corrected chi connectivity index (χ4v) is 7.05. The molecule has 0 atom stereocenters. The molecular weight excluding hydrogens is 597 g/mol. The zero-order valence-electron chi connectivity index (χ0n) is 23.5. The quantitative estimate of drug-likeness (QED) is 0.110. The van der Waals surface area contributed by atoms with Gasteiger partial charge < -0.3 is 9.84 Å². The summed E-state index contributed by atoms with van der Waals surface area (Å²) in [6.45, 7) is 2.79. The van der Waals surface area contributed by atoms with Gasteiger partial charge in [-0.05, 0) is 78.1 Å². The summed E-state index contributed by atoms with van der Waals surface area (Å²) in [5.41, 5.74) is 6.83. The van der Waals surface area contributed by atoms with E-state index in [1.165, 1.54) is 0 Å². The van der Waals surface area contributed by atoms with Crippen LogP contribution >= 0.6 is 34.4 Å². The van der Waals surface area contributed by atoms with Crippen LogP contribution in [0.3, 0.4) is 0 Å². The van der Waals surface area contributed by atoms with Gasteiger partial charge in [0.25, 0.3) is 0 Å². The van der Waals surface area contributed by atoms with Crippen LogP contribution in [0.15, 0.2) is 107 Å². The van der Waals surface area contributed by atoms with Crippen molar-refractivity contribution in [3.63, 3.8) is 0 Å². The number of aliphatic carboxylic acids is 1. The predicted octanol–water partition coefficient (Wildman–Crippen LogP) is 9.24. The lowest BCUT2D eigenvalue weighted by molar-refractivity contribution is -0.139. The molecule has 8 heteroatoms. The molecule has 0 saturated heterocycles. The summed E-state index contributed by atoms with van der Waals surface area (Å²) in [6, 6.07) is 28.1. The number of carboxylic acids is 1. The molecule has 0 spiro atoms. The molecule has 2 heterocycles. The van der Waals surface area contributed by atoms with Crippen LogP contribution in [0.1, 0.15) is 45.7 Å². The Hall–Kier alpha value is -4.24. The number of ether oxygens (including phenoxy) is 1. The van der Waals surface area contributed by atoms with Crippen LogP contribution in [0.25, 0.3) is 26.5 Å². The lowest BCUT2D eigenvalue weighted by Gasteiger charge is -2.11. The van der Waals surface area contributed by atoms with Crippen LogP contribution in [0.4, 0.5) is 0 Å². The fraction of sp³-hybridized carbons (Fsp3) is 0.114. The van der Waals surface area contributed by atoms with Crippen LogP contribution in [0.2, 0.25) is 0 Å². The van der Waals surface area contributed by atoms with Crippen molar-refractivity contribution in [1.82, 2.24) is 0 Å². The van der Waals surface area contributed by atoms with Crippen molar-refractivity contribution in [2.75, 3.05) is 12.4 Å². The minimum atomic E-state index is -1.01. The smallest absolute Gasteiger partial charge is 0.341 e. The number of carbonyl (C=O) groups excluding carboxylic acids is 2. The maximum Gasteiger partial charge on any atom is 0.341 e. The SMILES string of the molecule is CC(=O)c1csc(-c2ccc(C(=CCSc3ccc(OCC(=O)O)cc3)c3ccc(-c4cc(C(C)=O)cs4)cc3)cc2)c1. The van der Waals surface area contributed by atoms with E-state index < -0.39 is 5.97 Å². The number of benzene rings is 3. The fourth-order valence-electron chi connectivity index (χ4n) is 4.37. The normalized spacial score (nSPS) is 10.7. The van der Waals surface area contributed by atoms with Gasteiger partial charge in [0.05, 0.1) is 0 Å². The summed E-state index contributed by atoms with van der Waals surface area (Å²) in [5, 5.41) is 12.6. The molecule has 5 rings (SSSR count). The lowest BCUT2D eigenvalue weighted by Crippen LogP contribution is -2.09. The highest BCUT2D eigenvalue weighted by Crippen LogP contribution is 2.33. The van der Waals surface area contributed by atoms with E-state index >= 15 is 0 Å². The summed E-state index contributed by atoms with van der Waals surface area (Å²) < 4.78 is 5.24. The van der Waals surface area contributed by atoms with Gasteiger partial charge in [-0.2, -0.15) is 0 Å². The number of carboxylic acid groups (broad SMARTS) is 1. The molecule has 0 unspecified atom stereocenters. The minimum absolute atomic E-state index is 0.0628. The van der Waals surface area contributed by atoms with Crippen molar-refractivity contribution >= 4 is 57.5 Å². The second-order valence-corrected chi connectivity index (χ2v) is 12.7. The summed E-state index contributed by atoms with van der Waals surface area (Å²) >= 11 is 4.80. The molecule has 2 aromatic heterocycles. The molecule has 0 aliphatic heterocycles. The van der Waals surface area contributed by atoms with Gasteiger partial charge in [0, 0.05) is 42.3 Å². The zero-order chi connectivity index (χ0) is 30.3. The zero-order valence-corrected chi connectivity index (χ0v) is 26.0. The van der Waals surface area contributed by atoms with Crippen molar-refractivity contribution in [2.24, 2.45) is 0 Å². The van der Waals surface area contributed by atoms with Crippen LogP contribution in [-0.2, 0) is 4.79 Å². The molecule has 43 heavy (non-hydrogen) atoms. The Bertz CT molecular complexity index is 1680. The topological polar surface area (TPSA) is 80.7 Å². The van der Waals surface area contributed by atoms with Gasteiger partial charge >= 0.3 is 5.97 Å². The van der Waals surface area contributed by atoms with E-state index in [1.807, 2.05) is 35.0 Å². The third kappa shape index (κ3) is 7.78. The van der Waals surface area contributed by atoms with Gasteiger partial charge in [-0.3, -0.25) is 9.59 Å². The first-order valence-electron chi connectivity index (χ1n) is 13.4. The maximum atomic E-state index is 11.8. The average molecular weight is 625 g/mol.